The average molecular weight is 398 g/mol. The van der Waals surface area contributed by atoms with Gasteiger partial charge in [0, 0.05) is 23.2 Å². The van der Waals surface area contributed by atoms with Crippen molar-refractivity contribution in [2.75, 3.05) is 11.9 Å². The smallest absolute Gasteiger partial charge is 0.162 e. The number of hydrogen-bond acceptors (Lipinski definition) is 3. The first kappa shape index (κ1) is 18.9. The standard InChI is InChI=1S/C27H27NO2/c1-4-30-19-12-9-18(10-13-19)26-25-21(15-27(2,3)16-23(25)29)24-20-8-6-5-7-17(20)11-14-22(24)28-26/h5-14,26,28H,4,15-16H2,1-3H3. The van der Waals surface area contributed by atoms with Gasteiger partial charge in [0.15, 0.2) is 5.78 Å². The van der Waals surface area contributed by atoms with Crippen molar-refractivity contribution in [1.29, 1.82) is 0 Å². The summed E-state index contributed by atoms with van der Waals surface area (Å²) in [6, 6.07) is 20.8. The molecule has 152 valence electrons. The van der Waals surface area contributed by atoms with E-state index in [1.807, 2.05) is 19.1 Å². The van der Waals surface area contributed by atoms with Gasteiger partial charge in [-0.2, -0.15) is 0 Å². The molecule has 1 aliphatic heterocycles. The summed E-state index contributed by atoms with van der Waals surface area (Å²) in [5.41, 5.74) is 5.51. The van der Waals surface area contributed by atoms with Gasteiger partial charge in [-0.1, -0.05) is 56.3 Å². The molecule has 0 aromatic heterocycles. The van der Waals surface area contributed by atoms with Crippen LogP contribution in [-0.2, 0) is 4.79 Å². The zero-order chi connectivity index (χ0) is 20.9. The van der Waals surface area contributed by atoms with Crippen LogP contribution in [-0.4, -0.2) is 12.4 Å². The summed E-state index contributed by atoms with van der Waals surface area (Å²) >= 11 is 0. The molecule has 3 nitrogen and oxygen atoms in total. The Morgan fingerprint density at radius 3 is 2.53 bits per heavy atom. The maximum absolute atomic E-state index is 13.4. The van der Waals surface area contributed by atoms with Gasteiger partial charge < -0.3 is 10.1 Å². The molecule has 3 heteroatoms. The summed E-state index contributed by atoms with van der Waals surface area (Å²) in [4.78, 5) is 13.4. The van der Waals surface area contributed by atoms with E-state index in [1.54, 1.807) is 0 Å². The number of nitrogens with one attached hydrogen (secondary N) is 1. The number of fused-ring (bicyclic) bond motifs is 4. The number of carbonyl (C=O) groups is 1. The van der Waals surface area contributed by atoms with Gasteiger partial charge in [-0.25, -0.2) is 0 Å². The van der Waals surface area contributed by atoms with Crippen LogP contribution in [0.3, 0.4) is 0 Å². The topological polar surface area (TPSA) is 38.3 Å². The fourth-order valence-electron chi connectivity index (χ4n) is 5.01. The van der Waals surface area contributed by atoms with E-state index >= 15 is 0 Å². The lowest BCUT2D eigenvalue weighted by atomic mass is 9.68. The molecular formula is C27H27NO2. The monoisotopic (exact) mass is 397 g/mol. The number of allylic oxidation sites excluding steroid dienone is 1. The van der Waals surface area contributed by atoms with Gasteiger partial charge >= 0.3 is 0 Å². The summed E-state index contributed by atoms with van der Waals surface area (Å²) in [6.07, 6.45) is 1.49. The molecule has 3 aromatic carbocycles. The maximum Gasteiger partial charge on any atom is 0.162 e. The number of rotatable bonds is 3. The first-order valence-corrected chi connectivity index (χ1v) is 10.7. The van der Waals surface area contributed by atoms with Crippen molar-refractivity contribution >= 4 is 27.8 Å². The molecule has 0 radical (unpaired) electrons. The van der Waals surface area contributed by atoms with E-state index in [4.69, 9.17) is 4.74 Å². The third-order valence-corrected chi connectivity index (χ3v) is 6.26. The molecule has 2 aliphatic rings. The van der Waals surface area contributed by atoms with Crippen molar-refractivity contribution in [2.24, 2.45) is 5.41 Å². The summed E-state index contributed by atoms with van der Waals surface area (Å²) in [6.45, 7) is 7.03. The molecule has 0 bridgehead atoms. The molecule has 1 atom stereocenters. The third-order valence-electron chi connectivity index (χ3n) is 6.26. The normalized spacial score (nSPS) is 19.8. The van der Waals surface area contributed by atoms with Gasteiger partial charge in [0.05, 0.1) is 12.6 Å². The Balaban J connectivity index is 1.71. The first-order valence-electron chi connectivity index (χ1n) is 10.7. The number of hydrogen-bond donors (Lipinski definition) is 1. The predicted octanol–water partition coefficient (Wildman–Crippen LogP) is 6.55. The fraction of sp³-hybridized carbons (Fsp3) is 0.296. The summed E-state index contributed by atoms with van der Waals surface area (Å²) < 4.78 is 5.61. The van der Waals surface area contributed by atoms with Crippen molar-refractivity contribution in [1.82, 2.24) is 0 Å². The van der Waals surface area contributed by atoms with Crippen LogP contribution in [0.25, 0.3) is 16.3 Å². The lowest BCUT2D eigenvalue weighted by Gasteiger charge is -2.40. The van der Waals surface area contributed by atoms with Crippen molar-refractivity contribution < 1.29 is 9.53 Å². The molecular weight excluding hydrogens is 370 g/mol. The Bertz CT molecular complexity index is 1170. The van der Waals surface area contributed by atoms with E-state index in [2.05, 4.69) is 67.7 Å². The second kappa shape index (κ2) is 7.02. The summed E-state index contributed by atoms with van der Waals surface area (Å²) in [5.74, 6) is 1.11. The van der Waals surface area contributed by atoms with Crippen LogP contribution < -0.4 is 10.1 Å². The number of ketones is 1. The van der Waals surface area contributed by atoms with Crippen LogP contribution in [0.1, 0.15) is 50.8 Å². The molecule has 0 saturated carbocycles. The Morgan fingerprint density at radius 2 is 1.77 bits per heavy atom. The van der Waals surface area contributed by atoms with Gasteiger partial charge in [-0.05, 0) is 58.9 Å². The van der Waals surface area contributed by atoms with Crippen molar-refractivity contribution in [2.45, 2.75) is 39.7 Å². The SMILES string of the molecule is CCOc1ccc(C2Nc3ccc4ccccc4c3C3=C2C(=O)CC(C)(C)C3)cc1. The van der Waals surface area contributed by atoms with Crippen molar-refractivity contribution in [3.8, 4) is 5.75 Å². The minimum Gasteiger partial charge on any atom is -0.494 e. The molecule has 1 N–H and O–H groups in total. The van der Waals surface area contributed by atoms with Crippen LogP contribution in [0, 0.1) is 5.41 Å². The summed E-state index contributed by atoms with van der Waals surface area (Å²) in [5, 5.41) is 6.12. The minimum absolute atomic E-state index is 0.0369. The second-order valence-corrected chi connectivity index (χ2v) is 9.12. The number of carbonyl (C=O) groups excluding carboxylic acids is 1. The molecule has 30 heavy (non-hydrogen) atoms. The van der Waals surface area contributed by atoms with Crippen LogP contribution in [0.4, 0.5) is 5.69 Å². The number of ether oxygens (including phenoxy) is 1. The molecule has 1 aliphatic carbocycles. The van der Waals surface area contributed by atoms with Crippen LogP contribution in [0.15, 0.2) is 66.2 Å². The highest BCUT2D eigenvalue weighted by molar-refractivity contribution is 6.12. The highest BCUT2D eigenvalue weighted by Gasteiger charge is 2.40. The molecule has 3 aromatic rings. The lowest BCUT2D eigenvalue weighted by molar-refractivity contribution is -0.118. The highest BCUT2D eigenvalue weighted by Crippen LogP contribution is 2.52. The molecule has 1 unspecified atom stereocenters. The van der Waals surface area contributed by atoms with Gasteiger partial charge in [-0.15, -0.1) is 0 Å². The van der Waals surface area contributed by atoms with Gasteiger partial charge in [0.1, 0.15) is 5.75 Å². The molecule has 5 rings (SSSR count). The maximum atomic E-state index is 13.4. The Hall–Kier alpha value is -3.07. The third kappa shape index (κ3) is 3.09. The van der Waals surface area contributed by atoms with E-state index in [1.165, 1.54) is 21.9 Å². The molecule has 0 saturated heterocycles. The van der Waals surface area contributed by atoms with Crippen LogP contribution >= 0.6 is 0 Å². The van der Waals surface area contributed by atoms with E-state index in [9.17, 15) is 4.79 Å². The number of anilines is 1. The van der Waals surface area contributed by atoms with Crippen LogP contribution in [0.5, 0.6) is 5.75 Å². The van der Waals surface area contributed by atoms with Gasteiger partial charge in [0.25, 0.3) is 0 Å². The van der Waals surface area contributed by atoms with Gasteiger partial charge in [-0.3, -0.25) is 4.79 Å². The highest BCUT2D eigenvalue weighted by atomic mass is 16.5. The zero-order valence-electron chi connectivity index (χ0n) is 17.8. The van der Waals surface area contributed by atoms with Crippen molar-refractivity contribution in [3.05, 3.63) is 77.4 Å². The molecule has 0 spiro atoms. The quantitative estimate of drug-likeness (QED) is 0.545. The number of benzene rings is 3. The van der Waals surface area contributed by atoms with E-state index in [-0.39, 0.29) is 17.2 Å². The predicted molar refractivity (Wildman–Crippen MR) is 123 cm³/mol. The second-order valence-electron chi connectivity index (χ2n) is 9.12. The van der Waals surface area contributed by atoms with Crippen molar-refractivity contribution in [3.63, 3.8) is 0 Å². The fourth-order valence-corrected chi connectivity index (χ4v) is 5.01. The molecule has 1 heterocycles. The van der Waals surface area contributed by atoms with Crippen LogP contribution in [0.2, 0.25) is 0 Å². The summed E-state index contributed by atoms with van der Waals surface area (Å²) in [7, 11) is 0. The Morgan fingerprint density at radius 1 is 1.00 bits per heavy atom. The van der Waals surface area contributed by atoms with E-state index < -0.39 is 0 Å². The lowest BCUT2D eigenvalue weighted by Crippen LogP contribution is -2.33. The van der Waals surface area contributed by atoms with E-state index in [0.717, 1.165) is 29.0 Å². The Kier molecular flexibility index (Phi) is 4.43. The van der Waals surface area contributed by atoms with Gasteiger partial charge in [0.2, 0.25) is 0 Å². The molecule has 0 fully saturated rings. The minimum atomic E-state index is -0.132. The van der Waals surface area contributed by atoms with E-state index in [0.29, 0.717) is 13.0 Å². The first-order chi connectivity index (χ1) is 14.5. The average Bonchev–Trinajstić information content (AvgIpc) is 2.72. The molecule has 0 amide bonds. The Labute approximate surface area is 177 Å². The zero-order valence-corrected chi connectivity index (χ0v) is 17.8. The number of Topliss-reactive ketones (excluding diaryl/α,β-unsaturated/α-hetero) is 1. The largest absolute Gasteiger partial charge is 0.494 e.